The standard InChI is InChI=1S/C14H14O3.4C2H6/c1-16-12-8-5-9-13(10-12)17-14(15)11-6-3-2-4-7-11;4*1-2/h3,5-10H,2,4H2,1H3;4*1-2H3. The molecule has 0 unspecified atom stereocenters. The molecular formula is C22H38O3. The minimum Gasteiger partial charge on any atom is -0.497 e. The molecule has 1 aromatic carbocycles. The largest absolute Gasteiger partial charge is 0.497 e. The first-order chi connectivity index (χ1) is 12.3. The number of methoxy groups -OCH3 is 1. The van der Waals surface area contributed by atoms with Crippen LogP contribution in [0.3, 0.4) is 0 Å². The van der Waals surface area contributed by atoms with Crippen LogP contribution in [0.4, 0.5) is 0 Å². The minimum atomic E-state index is -0.325. The zero-order chi connectivity index (χ0) is 20.1. The van der Waals surface area contributed by atoms with E-state index in [1.54, 1.807) is 37.5 Å². The van der Waals surface area contributed by atoms with Crippen LogP contribution in [0.2, 0.25) is 0 Å². The van der Waals surface area contributed by atoms with E-state index in [2.05, 4.69) is 0 Å². The molecule has 0 N–H and O–H groups in total. The lowest BCUT2D eigenvalue weighted by molar-refractivity contribution is -0.129. The van der Waals surface area contributed by atoms with Crippen LogP contribution < -0.4 is 9.47 Å². The van der Waals surface area contributed by atoms with Crippen molar-refractivity contribution in [3.63, 3.8) is 0 Å². The average Bonchev–Trinajstić information content (AvgIpc) is 2.74. The number of allylic oxidation sites excluding steroid dienone is 2. The van der Waals surface area contributed by atoms with Crippen molar-refractivity contribution in [2.24, 2.45) is 0 Å². The van der Waals surface area contributed by atoms with E-state index >= 15 is 0 Å². The van der Waals surface area contributed by atoms with Gasteiger partial charge < -0.3 is 9.47 Å². The van der Waals surface area contributed by atoms with Crippen molar-refractivity contribution in [2.45, 2.75) is 68.2 Å². The number of carbonyl (C=O) groups is 1. The van der Waals surface area contributed by atoms with E-state index < -0.39 is 0 Å². The Morgan fingerprint density at radius 3 is 1.92 bits per heavy atom. The molecule has 0 aromatic heterocycles. The number of rotatable bonds is 3. The maximum atomic E-state index is 11.8. The summed E-state index contributed by atoms with van der Waals surface area (Å²) < 4.78 is 10.3. The Morgan fingerprint density at radius 1 is 0.880 bits per heavy atom. The molecule has 0 saturated heterocycles. The summed E-state index contributed by atoms with van der Waals surface area (Å²) in [5, 5.41) is 0. The minimum absolute atomic E-state index is 0.325. The normalized spacial score (nSPS) is 10.5. The molecule has 0 atom stereocenters. The van der Waals surface area contributed by atoms with Gasteiger partial charge in [0.2, 0.25) is 0 Å². The number of hydrogen-bond acceptors (Lipinski definition) is 3. The van der Waals surface area contributed by atoms with Crippen molar-refractivity contribution in [2.75, 3.05) is 7.11 Å². The van der Waals surface area contributed by atoms with Gasteiger partial charge in [-0.05, 0) is 25.0 Å². The molecule has 3 nitrogen and oxygen atoms in total. The fourth-order valence-corrected chi connectivity index (χ4v) is 1.60. The molecule has 0 fully saturated rings. The van der Waals surface area contributed by atoms with Crippen molar-refractivity contribution >= 4 is 5.97 Å². The third kappa shape index (κ3) is 13.0. The maximum absolute atomic E-state index is 11.8. The van der Waals surface area contributed by atoms with Crippen LogP contribution in [0.25, 0.3) is 0 Å². The Labute approximate surface area is 155 Å². The van der Waals surface area contributed by atoms with Gasteiger partial charge in [0.15, 0.2) is 0 Å². The Kier molecular flexibility index (Phi) is 24.4. The smallest absolute Gasteiger partial charge is 0.343 e. The highest BCUT2D eigenvalue weighted by Crippen LogP contribution is 2.20. The summed E-state index contributed by atoms with van der Waals surface area (Å²) in [7, 11) is 1.58. The van der Waals surface area contributed by atoms with Crippen LogP contribution in [0.15, 0.2) is 48.1 Å². The van der Waals surface area contributed by atoms with Crippen molar-refractivity contribution in [1.29, 1.82) is 0 Å². The Morgan fingerprint density at radius 2 is 1.44 bits per heavy atom. The van der Waals surface area contributed by atoms with E-state index in [1.165, 1.54) is 0 Å². The average molecular weight is 351 g/mol. The van der Waals surface area contributed by atoms with E-state index in [0.29, 0.717) is 17.1 Å². The number of hydrogen-bond donors (Lipinski definition) is 0. The second-order valence-electron chi connectivity index (χ2n) is 3.71. The van der Waals surface area contributed by atoms with Gasteiger partial charge in [-0.25, -0.2) is 4.79 Å². The summed E-state index contributed by atoms with van der Waals surface area (Å²) in [6, 6.07) is 7.00. The van der Waals surface area contributed by atoms with E-state index in [1.807, 2.05) is 67.5 Å². The van der Waals surface area contributed by atoms with Gasteiger partial charge in [0, 0.05) is 6.07 Å². The Bertz CT molecular complexity index is 474. The number of carbonyl (C=O) groups excluding carboxylic acids is 1. The van der Waals surface area contributed by atoms with Crippen molar-refractivity contribution < 1.29 is 14.3 Å². The maximum Gasteiger partial charge on any atom is 0.343 e. The van der Waals surface area contributed by atoms with Crippen LogP contribution in [-0.4, -0.2) is 13.1 Å². The highest BCUT2D eigenvalue weighted by Gasteiger charge is 2.11. The molecule has 144 valence electrons. The van der Waals surface area contributed by atoms with Gasteiger partial charge in [0.25, 0.3) is 0 Å². The highest BCUT2D eigenvalue weighted by atomic mass is 16.5. The molecule has 0 amide bonds. The first-order valence-corrected chi connectivity index (χ1v) is 9.52. The third-order valence-electron chi connectivity index (χ3n) is 2.48. The lowest BCUT2D eigenvalue weighted by atomic mass is 10.1. The van der Waals surface area contributed by atoms with Gasteiger partial charge in [0.1, 0.15) is 11.5 Å². The van der Waals surface area contributed by atoms with Crippen molar-refractivity contribution in [3.05, 3.63) is 48.1 Å². The Hall–Kier alpha value is -2.03. The second-order valence-corrected chi connectivity index (χ2v) is 3.71. The molecule has 3 heteroatoms. The zero-order valence-corrected chi connectivity index (χ0v) is 17.7. The molecule has 0 radical (unpaired) electrons. The molecule has 25 heavy (non-hydrogen) atoms. The lowest BCUT2D eigenvalue weighted by Gasteiger charge is -2.08. The highest BCUT2D eigenvalue weighted by molar-refractivity contribution is 5.93. The third-order valence-corrected chi connectivity index (χ3v) is 2.48. The molecule has 1 aliphatic rings. The lowest BCUT2D eigenvalue weighted by Crippen LogP contribution is -2.10. The number of esters is 1. The number of ether oxygens (including phenoxy) is 2. The predicted octanol–water partition coefficient (Wildman–Crippen LogP) is 6.98. The molecule has 2 rings (SSSR count). The monoisotopic (exact) mass is 350 g/mol. The van der Waals surface area contributed by atoms with Gasteiger partial charge in [-0.15, -0.1) is 0 Å². The fourth-order valence-electron chi connectivity index (χ4n) is 1.60. The molecule has 0 bridgehead atoms. The van der Waals surface area contributed by atoms with Crippen LogP contribution in [0.1, 0.15) is 68.2 Å². The fraction of sp³-hybridized carbons (Fsp3) is 0.500. The SMILES string of the molecule is CC.CC.CC.CC.COc1cccc(OC(=O)C2=CCCC=C2)c1. The van der Waals surface area contributed by atoms with E-state index in [4.69, 9.17) is 9.47 Å². The summed E-state index contributed by atoms with van der Waals surface area (Å²) in [4.78, 5) is 11.8. The van der Waals surface area contributed by atoms with E-state index in [0.717, 1.165) is 12.8 Å². The summed E-state index contributed by atoms with van der Waals surface area (Å²) in [5.41, 5.74) is 0.610. The summed E-state index contributed by atoms with van der Waals surface area (Å²) in [6.07, 6.45) is 7.53. The van der Waals surface area contributed by atoms with Crippen LogP contribution >= 0.6 is 0 Å². The first kappa shape index (κ1) is 27.8. The topological polar surface area (TPSA) is 35.5 Å². The van der Waals surface area contributed by atoms with Crippen LogP contribution in [0.5, 0.6) is 11.5 Å². The quantitative estimate of drug-likeness (QED) is 0.435. The molecule has 0 heterocycles. The summed E-state index contributed by atoms with van der Waals surface area (Å²) in [6.45, 7) is 16.0. The van der Waals surface area contributed by atoms with Crippen LogP contribution in [-0.2, 0) is 4.79 Å². The van der Waals surface area contributed by atoms with Crippen molar-refractivity contribution in [3.8, 4) is 11.5 Å². The van der Waals surface area contributed by atoms with Crippen LogP contribution in [0, 0.1) is 0 Å². The van der Waals surface area contributed by atoms with Gasteiger partial charge in [-0.2, -0.15) is 0 Å². The van der Waals surface area contributed by atoms with Gasteiger partial charge >= 0.3 is 5.97 Å². The predicted molar refractivity (Wildman–Crippen MR) is 110 cm³/mol. The molecular weight excluding hydrogens is 312 g/mol. The van der Waals surface area contributed by atoms with Gasteiger partial charge in [0.05, 0.1) is 12.7 Å². The van der Waals surface area contributed by atoms with E-state index in [9.17, 15) is 4.79 Å². The molecule has 1 aromatic rings. The van der Waals surface area contributed by atoms with E-state index in [-0.39, 0.29) is 5.97 Å². The molecule has 1 aliphatic carbocycles. The summed E-state index contributed by atoms with van der Waals surface area (Å²) >= 11 is 0. The summed E-state index contributed by atoms with van der Waals surface area (Å²) in [5.74, 6) is 0.840. The van der Waals surface area contributed by atoms with Gasteiger partial charge in [-0.3, -0.25) is 0 Å². The molecule has 0 saturated carbocycles. The Balaban J connectivity index is -0.000000533. The second kappa shape index (κ2) is 22.0. The van der Waals surface area contributed by atoms with Crippen molar-refractivity contribution in [1.82, 2.24) is 0 Å². The first-order valence-electron chi connectivity index (χ1n) is 9.52. The zero-order valence-electron chi connectivity index (χ0n) is 17.7. The molecule has 0 spiro atoms. The molecule has 0 aliphatic heterocycles. The van der Waals surface area contributed by atoms with Gasteiger partial charge in [-0.1, -0.05) is 79.7 Å². The number of benzene rings is 1.